The smallest absolute Gasteiger partial charge is 0.205 e. The highest BCUT2D eigenvalue weighted by atomic mass is 16.5. The summed E-state index contributed by atoms with van der Waals surface area (Å²) in [5, 5.41) is 9.09. The van der Waals surface area contributed by atoms with Crippen molar-refractivity contribution in [2.45, 2.75) is 19.3 Å². The minimum absolute atomic E-state index is 0.0206. The van der Waals surface area contributed by atoms with Crippen LogP contribution in [0.2, 0.25) is 0 Å². The number of nitrogens with two attached hydrogens (primary N) is 1. The highest BCUT2D eigenvalue weighted by Gasteiger charge is 2.29. The zero-order valence-corrected chi connectivity index (χ0v) is 9.43. The van der Waals surface area contributed by atoms with Gasteiger partial charge in [0, 0.05) is 17.9 Å². The van der Waals surface area contributed by atoms with Gasteiger partial charge in [-0.2, -0.15) is 5.26 Å². The van der Waals surface area contributed by atoms with Crippen LogP contribution < -0.4 is 10.5 Å². The molecule has 1 heterocycles. The largest absolute Gasteiger partial charge is 0.440 e. The Balaban J connectivity index is 2.51. The normalized spacial score (nSPS) is 18.0. The fourth-order valence-corrected chi connectivity index (χ4v) is 1.99. The SMILES string of the molecule is CC(=O)C[C@@H]1C(C#N)=C(N)Oc2ccccc21. The Morgan fingerprint density at radius 3 is 2.88 bits per heavy atom. The number of hydrogen-bond acceptors (Lipinski definition) is 4. The standard InChI is InChI=1S/C13H12N2O2/c1-8(16)6-10-9-4-2-3-5-12(9)17-13(15)11(10)7-14/h2-5,10H,6,15H2,1H3/t10-/m0/s1. The van der Waals surface area contributed by atoms with Crippen molar-refractivity contribution in [2.24, 2.45) is 5.73 Å². The van der Waals surface area contributed by atoms with Crippen LogP contribution in [0.15, 0.2) is 35.7 Å². The number of nitrogens with zero attached hydrogens (tertiary/aromatic N) is 1. The number of ketones is 1. The van der Waals surface area contributed by atoms with Gasteiger partial charge >= 0.3 is 0 Å². The van der Waals surface area contributed by atoms with Gasteiger partial charge in [-0.3, -0.25) is 4.79 Å². The molecule has 0 bridgehead atoms. The number of Topliss-reactive ketones (excluding diaryl/α,β-unsaturated/α-hetero) is 1. The van der Waals surface area contributed by atoms with Gasteiger partial charge in [-0.15, -0.1) is 0 Å². The van der Waals surface area contributed by atoms with Crippen molar-refractivity contribution in [1.82, 2.24) is 0 Å². The predicted octanol–water partition coefficient (Wildman–Crippen LogP) is 1.84. The highest BCUT2D eigenvalue weighted by molar-refractivity contribution is 5.77. The molecule has 0 saturated carbocycles. The van der Waals surface area contributed by atoms with Gasteiger partial charge in [-0.05, 0) is 13.0 Å². The molecule has 17 heavy (non-hydrogen) atoms. The summed E-state index contributed by atoms with van der Waals surface area (Å²) in [4.78, 5) is 11.3. The minimum Gasteiger partial charge on any atom is -0.440 e. The first kappa shape index (κ1) is 11.2. The quantitative estimate of drug-likeness (QED) is 0.837. The van der Waals surface area contributed by atoms with E-state index in [1.54, 1.807) is 6.07 Å². The molecule has 0 amide bonds. The first-order valence-electron chi connectivity index (χ1n) is 5.29. The molecule has 86 valence electrons. The number of rotatable bonds is 2. The second-order valence-corrected chi connectivity index (χ2v) is 3.99. The molecule has 0 spiro atoms. The Morgan fingerprint density at radius 2 is 2.24 bits per heavy atom. The summed E-state index contributed by atoms with van der Waals surface area (Å²) in [5.41, 5.74) is 6.87. The van der Waals surface area contributed by atoms with Crippen molar-refractivity contribution in [1.29, 1.82) is 5.26 Å². The zero-order chi connectivity index (χ0) is 12.4. The number of hydrogen-bond donors (Lipinski definition) is 1. The van der Waals surface area contributed by atoms with E-state index in [0.717, 1.165) is 5.56 Å². The maximum Gasteiger partial charge on any atom is 0.205 e. The third-order valence-electron chi connectivity index (χ3n) is 2.74. The van der Waals surface area contributed by atoms with Crippen molar-refractivity contribution in [2.75, 3.05) is 0 Å². The monoisotopic (exact) mass is 228 g/mol. The van der Waals surface area contributed by atoms with Crippen molar-refractivity contribution >= 4 is 5.78 Å². The Kier molecular flexibility index (Phi) is 2.84. The van der Waals surface area contributed by atoms with Crippen molar-refractivity contribution in [3.05, 3.63) is 41.3 Å². The van der Waals surface area contributed by atoms with Gasteiger partial charge in [0.15, 0.2) is 0 Å². The number of ether oxygens (including phenoxy) is 1. The number of allylic oxidation sites excluding steroid dienone is 1. The first-order chi connectivity index (χ1) is 8.13. The molecule has 4 heteroatoms. The van der Waals surface area contributed by atoms with Crippen LogP contribution in [0.5, 0.6) is 5.75 Å². The highest BCUT2D eigenvalue weighted by Crippen LogP contribution is 2.39. The molecule has 4 nitrogen and oxygen atoms in total. The Bertz CT molecular complexity index is 541. The van der Waals surface area contributed by atoms with Crippen LogP contribution in [0.1, 0.15) is 24.8 Å². The number of fused-ring (bicyclic) bond motifs is 1. The third kappa shape index (κ3) is 2.00. The lowest BCUT2D eigenvalue weighted by molar-refractivity contribution is -0.117. The maximum atomic E-state index is 11.3. The van der Waals surface area contributed by atoms with E-state index in [9.17, 15) is 4.79 Å². The molecule has 0 fully saturated rings. The maximum absolute atomic E-state index is 11.3. The van der Waals surface area contributed by atoms with Gasteiger partial charge in [0.05, 0.1) is 5.57 Å². The van der Waals surface area contributed by atoms with E-state index in [1.165, 1.54) is 6.92 Å². The molecule has 1 aliphatic rings. The van der Waals surface area contributed by atoms with Gasteiger partial charge in [0.1, 0.15) is 17.6 Å². The fourth-order valence-electron chi connectivity index (χ4n) is 1.99. The van der Waals surface area contributed by atoms with E-state index in [0.29, 0.717) is 11.3 Å². The number of carbonyl (C=O) groups is 1. The summed E-state index contributed by atoms with van der Waals surface area (Å²) in [7, 11) is 0. The predicted molar refractivity (Wildman–Crippen MR) is 61.9 cm³/mol. The van der Waals surface area contributed by atoms with Crippen LogP contribution >= 0.6 is 0 Å². The van der Waals surface area contributed by atoms with Crippen LogP contribution in [0.25, 0.3) is 0 Å². The van der Waals surface area contributed by atoms with E-state index in [4.69, 9.17) is 15.7 Å². The summed E-state index contributed by atoms with van der Waals surface area (Å²) in [6.07, 6.45) is 0.268. The molecule has 2 N–H and O–H groups in total. The minimum atomic E-state index is -0.289. The molecule has 1 atom stereocenters. The molecule has 0 unspecified atom stereocenters. The van der Waals surface area contributed by atoms with Gasteiger partial charge in [-0.1, -0.05) is 18.2 Å². The van der Waals surface area contributed by atoms with Crippen LogP contribution in [-0.4, -0.2) is 5.78 Å². The summed E-state index contributed by atoms with van der Waals surface area (Å²) >= 11 is 0. The van der Waals surface area contributed by atoms with Gasteiger partial charge in [0.2, 0.25) is 5.88 Å². The summed E-state index contributed by atoms with van der Waals surface area (Å²) < 4.78 is 5.37. The molecule has 1 aromatic rings. The van der Waals surface area contributed by atoms with E-state index >= 15 is 0 Å². The van der Waals surface area contributed by atoms with Crippen molar-refractivity contribution < 1.29 is 9.53 Å². The summed E-state index contributed by atoms with van der Waals surface area (Å²) in [6.45, 7) is 1.50. The van der Waals surface area contributed by atoms with Gasteiger partial charge < -0.3 is 10.5 Å². The average molecular weight is 228 g/mol. The van der Waals surface area contributed by atoms with E-state index in [-0.39, 0.29) is 24.0 Å². The molecular weight excluding hydrogens is 216 g/mol. The fraction of sp³-hybridized carbons (Fsp3) is 0.231. The van der Waals surface area contributed by atoms with E-state index in [2.05, 4.69) is 0 Å². The molecule has 0 aromatic heterocycles. The van der Waals surface area contributed by atoms with Crippen molar-refractivity contribution in [3.63, 3.8) is 0 Å². The van der Waals surface area contributed by atoms with Crippen LogP contribution in [0.4, 0.5) is 0 Å². The summed E-state index contributed by atoms with van der Waals surface area (Å²) in [6, 6.07) is 9.34. The average Bonchev–Trinajstić information content (AvgIpc) is 2.28. The first-order valence-corrected chi connectivity index (χ1v) is 5.29. The second kappa shape index (κ2) is 4.30. The Hall–Kier alpha value is -2.28. The second-order valence-electron chi connectivity index (χ2n) is 3.99. The van der Waals surface area contributed by atoms with Crippen LogP contribution in [0.3, 0.4) is 0 Å². The van der Waals surface area contributed by atoms with Gasteiger partial charge in [0.25, 0.3) is 0 Å². The van der Waals surface area contributed by atoms with Crippen LogP contribution in [0, 0.1) is 11.3 Å². The third-order valence-corrected chi connectivity index (χ3v) is 2.74. The summed E-state index contributed by atoms with van der Waals surface area (Å²) in [5.74, 6) is 0.447. The van der Waals surface area contributed by atoms with Crippen LogP contribution in [-0.2, 0) is 4.79 Å². The van der Waals surface area contributed by atoms with Crippen molar-refractivity contribution in [3.8, 4) is 11.8 Å². The Morgan fingerprint density at radius 1 is 1.53 bits per heavy atom. The number of carbonyl (C=O) groups excluding carboxylic acids is 1. The zero-order valence-electron chi connectivity index (χ0n) is 9.43. The van der Waals surface area contributed by atoms with Gasteiger partial charge in [-0.25, -0.2) is 0 Å². The number of nitriles is 1. The lowest BCUT2D eigenvalue weighted by Crippen LogP contribution is -2.21. The lowest BCUT2D eigenvalue weighted by Gasteiger charge is -2.25. The number of benzene rings is 1. The number of para-hydroxylation sites is 1. The van der Waals surface area contributed by atoms with E-state index < -0.39 is 0 Å². The lowest BCUT2D eigenvalue weighted by atomic mass is 9.86. The molecule has 0 aliphatic carbocycles. The van der Waals surface area contributed by atoms with E-state index in [1.807, 2.05) is 24.3 Å². The molecule has 1 aliphatic heterocycles. The topological polar surface area (TPSA) is 76.1 Å². The molecular formula is C13H12N2O2. The Labute approximate surface area is 99.3 Å². The molecule has 1 aromatic carbocycles. The molecule has 0 saturated heterocycles. The molecule has 2 rings (SSSR count). The molecule has 0 radical (unpaired) electrons.